The molecule has 0 amide bonds. The molecule has 106 valence electrons. The molecule has 0 rings (SSSR count). The van der Waals surface area contributed by atoms with E-state index in [1.807, 2.05) is 0 Å². The molecule has 0 bridgehead atoms. The molecule has 0 N–H and O–H groups in total. The fraction of sp³-hybridized carbons (Fsp3) is 0.857. The Morgan fingerprint density at radius 3 is 2.16 bits per heavy atom. The molecule has 0 saturated heterocycles. The molecule has 0 aliphatic rings. The van der Waals surface area contributed by atoms with Gasteiger partial charge in [0.05, 0.1) is 0 Å². The Balaban J connectivity index is 0. The molecule has 5 heteroatoms. The first-order chi connectivity index (χ1) is 8.49. The first-order valence-electron chi connectivity index (χ1n) is 6.91. The van der Waals surface area contributed by atoms with Crippen molar-refractivity contribution >= 4 is 23.2 Å². The van der Waals surface area contributed by atoms with Crippen molar-refractivity contribution in [3.05, 3.63) is 0 Å². The molecular weight excluding hydrogens is 271 g/mol. The molecule has 0 aromatic heterocycles. The summed E-state index contributed by atoms with van der Waals surface area (Å²) in [6.45, 7) is 6.36. The van der Waals surface area contributed by atoms with E-state index in [0.717, 1.165) is 25.7 Å². The van der Waals surface area contributed by atoms with Gasteiger partial charge < -0.3 is 14.6 Å². The van der Waals surface area contributed by atoms with E-state index in [9.17, 15) is 9.90 Å². The van der Waals surface area contributed by atoms with Crippen LogP contribution in [0.25, 0.3) is 0 Å². The third-order valence-electron chi connectivity index (χ3n) is 3.39. The van der Waals surface area contributed by atoms with Crippen LogP contribution in [0.3, 0.4) is 0 Å². The van der Waals surface area contributed by atoms with E-state index < -0.39 is 5.97 Å². The molecule has 0 aliphatic heterocycles. The summed E-state index contributed by atoms with van der Waals surface area (Å²) in [7, 11) is 0. The van der Waals surface area contributed by atoms with E-state index in [4.69, 9.17) is 17.0 Å². The first kappa shape index (κ1) is 21.7. The largest absolute Gasteiger partial charge is 1.00 e. The molecule has 0 heterocycles. The summed E-state index contributed by atoms with van der Waals surface area (Å²) < 4.78 is 5.87. The van der Waals surface area contributed by atoms with Gasteiger partial charge in [-0.3, -0.25) is 0 Å². The molecule has 0 spiro atoms. The summed E-state index contributed by atoms with van der Waals surface area (Å²) in [4.78, 5) is 10.4. The predicted molar refractivity (Wildman–Crippen MR) is 75.4 cm³/mol. The number of aliphatic carboxylic acids is 1. The Labute approximate surface area is 144 Å². The maximum Gasteiger partial charge on any atom is 1.00 e. The van der Waals surface area contributed by atoms with Crippen LogP contribution in [0.2, 0.25) is 0 Å². The summed E-state index contributed by atoms with van der Waals surface area (Å²) in [6.07, 6.45) is 6.50. The van der Waals surface area contributed by atoms with Gasteiger partial charge in [-0.15, -0.1) is 0 Å². The van der Waals surface area contributed by atoms with Crippen LogP contribution in [0.15, 0.2) is 0 Å². The number of carbonyl (C=O) groups is 1. The molecule has 3 nitrogen and oxygen atoms in total. The zero-order valence-corrected chi connectivity index (χ0v) is 15.6. The van der Waals surface area contributed by atoms with Crippen molar-refractivity contribution in [2.75, 3.05) is 0 Å². The molecule has 0 aromatic carbocycles. The third kappa shape index (κ3) is 9.83. The number of carboxylic acids is 1. The summed E-state index contributed by atoms with van der Waals surface area (Å²) in [5.41, 5.74) is -0.210. The van der Waals surface area contributed by atoms with Gasteiger partial charge in [-0.25, -0.2) is 0 Å². The van der Waals surface area contributed by atoms with Crippen LogP contribution in [0.4, 0.5) is 0 Å². The second-order valence-corrected chi connectivity index (χ2v) is 5.15. The van der Waals surface area contributed by atoms with Gasteiger partial charge in [0.1, 0.15) is 5.60 Å². The summed E-state index contributed by atoms with van der Waals surface area (Å²) >= 11 is 5.12. The van der Waals surface area contributed by atoms with Gasteiger partial charge in [0, 0.05) is 12.4 Å². The Bertz CT molecular complexity index is 265. The molecule has 0 saturated carbocycles. The molecule has 0 aromatic rings. The molecule has 0 aliphatic carbocycles. The van der Waals surface area contributed by atoms with Crippen molar-refractivity contribution in [2.45, 2.75) is 77.7 Å². The van der Waals surface area contributed by atoms with Gasteiger partial charge in [0.15, 0.2) is 5.05 Å². The summed E-state index contributed by atoms with van der Waals surface area (Å²) in [6, 6.07) is 0. The van der Waals surface area contributed by atoms with Crippen molar-refractivity contribution in [3.63, 3.8) is 0 Å². The average Bonchev–Trinajstić information content (AvgIpc) is 2.35. The van der Waals surface area contributed by atoms with E-state index >= 15 is 0 Å². The molecule has 19 heavy (non-hydrogen) atoms. The number of carboxylic acid groups (broad SMARTS) is 1. The average molecular weight is 296 g/mol. The molecule has 0 atom stereocenters. The van der Waals surface area contributed by atoms with Crippen LogP contribution >= 0.6 is 12.2 Å². The van der Waals surface area contributed by atoms with E-state index in [0.29, 0.717) is 5.05 Å². The van der Waals surface area contributed by atoms with Crippen LogP contribution in [0.1, 0.15) is 72.1 Å². The van der Waals surface area contributed by atoms with Gasteiger partial charge in [0.2, 0.25) is 0 Å². The van der Waals surface area contributed by atoms with Gasteiger partial charge in [-0.1, -0.05) is 33.6 Å². The summed E-state index contributed by atoms with van der Waals surface area (Å²) in [5.74, 6) is -1.08. The Hall–Kier alpha value is 0.360. The van der Waals surface area contributed by atoms with Crippen LogP contribution in [0.5, 0.6) is 0 Å². The fourth-order valence-corrected chi connectivity index (χ4v) is 2.27. The second kappa shape index (κ2) is 12.1. The standard InChI is InChI=1S/C14H26O3S.Na/c1-4-7-8-11-14(5-2,6-3)17-13(18)10-9-12(15)16;/h4-11H2,1-3H3,(H,15,16);/q;+1/p-1. The Kier molecular flexibility index (Phi) is 13.8. The predicted octanol–water partition coefficient (Wildman–Crippen LogP) is 0.00360. The monoisotopic (exact) mass is 296 g/mol. The molecule has 0 unspecified atom stereocenters. The van der Waals surface area contributed by atoms with Crippen LogP contribution in [0, 0.1) is 0 Å². The quantitative estimate of drug-likeness (QED) is 0.324. The molecular formula is C14H25NaO3S. The Morgan fingerprint density at radius 1 is 1.16 bits per heavy atom. The number of hydrogen-bond acceptors (Lipinski definition) is 4. The summed E-state index contributed by atoms with van der Waals surface area (Å²) in [5, 5.41) is 10.8. The molecule has 0 radical (unpaired) electrons. The topological polar surface area (TPSA) is 49.4 Å². The number of ether oxygens (including phenoxy) is 1. The van der Waals surface area contributed by atoms with E-state index in [1.54, 1.807) is 0 Å². The maximum absolute atomic E-state index is 10.4. The molecule has 0 fully saturated rings. The zero-order chi connectivity index (χ0) is 14.0. The minimum absolute atomic E-state index is 0. The van der Waals surface area contributed by atoms with E-state index in [2.05, 4.69) is 20.8 Å². The normalized spacial score (nSPS) is 10.7. The zero-order valence-electron chi connectivity index (χ0n) is 12.8. The van der Waals surface area contributed by atoms with Gasteiger partial charge in [-0.2, -0.15) is 0 Å². The minimum atomic E-state index is -1.08. The number of hydrogen-bond donors (Lipinski definition) is 0. The minimum Gasteiger partial charge on any atom is -0.550 e. The number of unbranched alkanes of at least 4 members (excludes halogenated alkanes) is 2. The van der Waals surface area contributed by atoms with Crippen LogP contribution in [-0.4, -0.2) is 16.6 Å². The second-order valence-electron chi connectivity index (χ2n) is 4.69. The van der Waals surface area contributed by atoms with Gasteiger partial charge >= 0.3 is 29.6 Å². The number of thiocarbonyl (C=S) groups is 1. The van der Waals surface area contributed by atoms with Crippen LogP contribution in [-0.2, 0) is 9.53 Å². The van der Waals surface area contributed by atoms with Crippen molar-refractivity contribution in [3.8, 4) is 0 Å². The van der Waals surface area contributed by atoms with Crippen molar-refractivity contribution in [2.24, 2.45) is 0 Å². The van der Waals surface area contributed by atoms with E-state index in [1.165, 1.54) is 12.8 Å². The first-order valence-corrected chi connectivity index (χ1v) is 7.32. The van der Waals surface area contributed by atoms with Gasteiger partial charge in [0.25, 0.3) is 0 Å². The smallest absolute Gasteiger partial charge is 0.550 e. The third-order valence-corrected chi connectivity index (χ3v) is 3.68. The fourth-order valence-electron chi connectivity index (χ4n) is 1.99. The van der Waals surface area contributed by atoms with Crippen molar-refractivity contribution < 1.29 is 44.2 Å². The van der Waals surface area contributed by atoms with Crippen LogP contribution < -0.4 is 34.7 Å². The van der Waals surface area contributed by atoms with Crippen molar-refractivity contribution in [1.82, 2.24) is 0 Å². The Morgan fingerprint density at radius 2 is 1.74 bits per heavy atom. The van der Waals surface area contributed by atoms with Crippen molar-refractivity contribution in [1.29, 1.82) is 0 Å². The van der Waals surface area contributed by atoms with Gasteiger partial charge in [-0.05, 0) is 44.3 Å². The SMILES string of the molecule is CCCCCC(CC)(CC)OC(=S)CCC(=O)[O-].[Na+]. The number of carbonyl (C=O) groups excluding carboxylic acids is 1. The van der Waals surface area contributed by atoms with E-state index in [-0.39, 0.29) is 48.0 Å². The number of rotatable bonds is 10. The maximum atomic E-state index is 10.4.